The Kier molecular flexibility index (Phi) is 14.8. The van der Waals surface area contributed by atoms with E-state index >= 15 is 0 Å². The Morgan fingerprint density at radius 3 is 0.750 bits per heavy atom. The summed E-state index contributed by atoms with van der Waals surface area (Å²) in [4.78, 5) is 50.9. The maximum atomic E-state index is 11.1. The summed E-state index contributed by atoms with van der Waals surface area (Å²) in [5.74, 6) is -4.08. The number of rotatable bonds is 8. The van der Waals surface area contributed by atoms with Crippen molar-refractivity contribution < 1.29 is 39.6 Å². The number of nitrogens with zero attached hydrogens (tertiary/aromatic N) is 4. The van der Waals surface area contributed by atoms with Crippen LogP contribution in [0, 0.1) is 0 Å². The lowest BCUT2D eigenvalue weighted by molar-refractivity contribution is -0.141. The van der Waals surface area contributed by atoms with Crippen molar-refractivity contribution in [1.29, 1.82) is 0 Å². The molecule has 0 radical (unpaired) electrons. The number of aliphatic carboxylic acids is 4. The molecular weight excluding hydrogens is 448 g/mol. The van der Waals surface area contributed by atoms with E-state index in [2.05, 4.69) is 23.7 Å². The first-order chi connectivity index (χ1) is 14.9. The molecule has 0 bridgehead atoms. The quantitative estimate of drug-likeness (QED) is 0.188. The van der Waals surface area contributed by atoms with Crippen LogP contribution < -0.4 is 11.5 Å². The lowest BCUT2D eigenvalue weighted by Gasteiger charge is -2.32. The van der Waals surface area contributed by atoms with Gasteiger partial charge in [-0.2, -0.15) is 0 Å². The summed E-state index contributed by atoms with van der Waals surface area (Å²) in [6.07, 6.45) is 0. The highest BCUT2D eigenvalue weighted by molar-refractivity contribution is 7.80. The fourth-order valence-electron chi connectivity index (χ4n) is 2.98. The topological polar surface area (TPSA) is 214 Å². The molecule has 0 aromatic rings. The Balaban J connectivity index is 0.00000220. The highest BCUT2D eigenvalue weighted by Gasteiger charge is 2.20. The lowest BCUT2D eigenvalue weighted by Crippen LogP contribution is -2.49. The molecule has 1 aliphatic heterocycles. The highest BCUT2D eigenvalue weighted by atomic mass is 32.1. The second kappa shape index (κ2) is 16.1. The molecule has 184 valence electrons. The Hall–Kier alpha value is -2.59. The van der Waals surface area contributed by atoms with Crippen molar-refractivity contribution in [2.45, 2.75) is 0 Å². The van der Waals surface area contributed by atoms with E-state index in [4.69, 9.17) is 20.4 Å². The first kappa shape index (κ1) is 29.4. The fourth-order valence-corrected chi connectivity index (χ4v) is 2.98. The number of nitrogens with two attached hydrogens (primary N) is 2. The SMILES string of the molecule is NC(N)=S.O=C(O)CN1CCN(CC(=O)O)CCN(CC(=O)O)CCN(CC(=O)O)CC1. The highest BCUT2D eigenvalue weighted by Crippen LogP contribution is 2.01. The Labute approximate surface area is 190 Å². The molecule has 32 heavy (non-hydrogen) atoms. The number of carbonyl (C=O) groups is 4. The largest absolute Gasteiger partial charge is 0.480 e. The molecule has 0 aromatic carbocycles. The molecule has 0 aliphatic carbocycles. The average Bonchev–Trinajstić information content (AvgIpc) is 2.61. The van der Waals surface area contributed by atoms with Crippen LogP contribution in [0.2, 0.25) is 0 Å². The third-order valence-corrected chi connectivity index (χ3v) is 4.37. The van der Waals surface area contributed by atoms with E-state index in [-0.39, 0.29) is 31.3 Å². The van der Waals surface area contributed by atoms with Gasteiger partial charge in [-0.1, -0.05) is 0 Å². The molecule has 8 N–H and O–H groups in total. The minimum atomic E-state index is -1.02. The van der Waals surface area contributed by atoms with Gasteiger partial charge in [0.2, 0.25) is 0 Å². The number of hydrogen-bond acceptors (Lipinski definition) is 9. The van der Waals surface area contributed by atoms with Crippen LogP contribution in [0.15, 0.2) is 0 Å². The molecule has 14 nitrogen and oxygen atoms in total. The van der Waals surface area contributed by atoms with E-state index < -0.39 is 23.9 Å². The van der Waals surface area contributed by atoms with Crippen molar-refractivity contribution in [3.63, 3.8) is 0 Å². The third kappa shape index (κ3) is 17.1. The normalized spacial score (nSPS) is 17.8. The Morgan fingerprint density at radius 2 is 0.656 bits per heavy atom. The van der Waals surface area contributed by atoms with Gasteiger partial charge in [-0.05, 0) is 12.2 Å². The van der Waals surface area contributed by atoms with Crippen molar-refractivity contribution in [2.24, 2.45) is 11.5 Å². The summed E-state index contributed by atoms with van der Waals surface area (Å²) < 4.78 is 0. The predicted octanol–water partition coefficient (Wildman–Crippen LogP) is -3.26. The zero-order chi connectivity index (χ0) is 24.7. The predicted molar refractivity (Wildman–Crippen MR) is 117 cm³/mol. The van der Waals surface area contributed by atoms with Crippen LogP contribution in [0.25, 0.3) is 0 Å². The lowest BCUT2D eigenvalue weighted by atomic mass is 10.3. The minimum absolute atomic E-state index is 0.000000000000000222. The first-order valence-electron chi connectivity index (χ1n) is 9.70. The van der Waals surface area contributed by atoms with Gasteiger partial charge >= 0.3 is 23.9 Å². The van der Waals surface area contributed by atoms with Crippen molar-refractivity contribution in [3.05, 3.63) is 0 Å². The molecule has 15 heteroatoms. The van der Waals surface area contributed by atoms with Gasteiger partial charge in [0.1, 0.15) is 0 Å². The molecule has 0 unspecified atom stereocenters. The van der Waals surface area contributed by atoms with Crippen molar-refractivity contribution >= 4 is 41.2 Å². The molecule has 1 saturated heterocycles. The maximum Gasteiger partial charge on any atom is 0.317 e. The molecule has 0 saturated carbocycles. The molecule has 0 atom stereocenters. The second-order valence-corrected chi connectivity index (χ2v) is 7.55. The van der Waals surface area contributed by atoms with Gasteiger partial charge in [-0.3, -0.25) is 38.8 Å². The Bertz CT molecular complexity index is 537. The smallest absolute Gasteiger partial charge is 0.317 e. The van der Waals surface area contributed by atoms with E-state index in [0.29, 0.717) is 52.4 Å². The molecular formula is C17H32N6O8S. The maximum absolute atomic E-state index is 11.1. The van der Waals surface area contributed by atoms with E-state index in [9.17, 15) is 19.2 Å². The monoisotopic (exact) mass is 480 g/mol. The standard InChI is InChI=1S/C16H28N4O8.CH4N2S/c21-13(22)9-17-1-2-18(10-14(23)24)5-6-20(12-16(27)28)8-7-19(4-3-17)11-15(25)26;2-1(3)4/h1-12H2,(H,21,22)(H,23,24)(H,25,26)(H,27,28);(H4,2,3,4). The van der Waals surface area contributed by atoms with Crippen LogP contribution >= 0.6 is 12.2 Å². The van der Waals surface area contributed by atoms with Gasteiger partial charge in [0, 0.05) is 52.4 Å². The van der Waals surface area contributed by atoms with Crippen molar-refractivity contribution in [1.82, 2.24) is 19.6 Å². The molecule has 1 fully saturated rings. The van der Waals surface area contributed by atoms with Crippen LogP contribution in [0.1, 0.15) is 0 Å². The first-order valence-corrected chi connectivity index (χ1v) is 10.1. The number of carboxylic acid groups (broad SMARTS) is 4. The fraction of sp³-hybridized carbons (Fsp3) is 0.706. The summed E-state index contributed by atoms with van der Waals surface area (Å²) in [5.41, 5.74) is 9.24. The molecule has 0 spiro atoms. The van der Waals surface area contributed by atoms with Gasteiger partial charge < -0.3 is 31.9 Å². The minimum Gasteiger partial charge on any atom is -0.480 e. The zero-order valence-corrected chi connectivity index (χ0v) is 18.6. The summed E-state index contributed by atoms with van der Waals surface area (Å²) in [7, 11) is 0. The second-order valence-electron chi connectivity index (χ2n) is 7.08. The summed E-state index contributed by atoms with van der Waals surface area (Å²) >= 11 is 4.09. The van der Waals surface area contributed by atoms with E-state index in [0.717, 1.165) is 0 Å². The van der Waals surface area contributed by atoms with Crippen LogP contribution in [0.5, 0.6) is 0 Å². The van der Waals surface area contributed by atoms with E-state index in [1.54, 1.807) is 19.6 Å². The summed E-state index contributed by atoms with van der Waals surface area (Å²) in [6.45, 7) is 1.52. The molecule has 0 aromatic heterocycles. The van der Waals surface area contributed by atoms with Crippen LogP contribution in [0.4, 0.5) is 0 Å². The number of hydrogen-bond donors (Lipinski definition) is 6. The number of thiocarbonyl (C=S) groups is 1. The third-order valence-electron chi connectivity index (χ3n) is 4.37. The van der Waals surface area contributed by atoms with Crippen molar-refractivity contribution in [2.75, 3.05) is 78.5 Å². The summed E-state index contributed by atoms with van der Waals surface area (Å²) in [6, 6.07) is 0. The Morgan fingerprint density at radius 1 is 0.531 bits per heavy atom. The van der Waals surface area contributed by atoms with E-state index in [1.165, 1.54) is 0 Å². The van der Waals surface area contributed by atoms with Gasteiger partial charge in [-0.25, -0.2) is 0 Å². The van der Waals surface area contributed by atoms with E-state index in [1.807, 2.05) is 0 Å². The number of carboxylic acids is 4. The molecule has 1 heterocycles. The summed E-state index contributed by atoms with van der Waals surface area (Å²) in [5, 5.41) is 36.3. The average molecular weight is 481 g/mol. The zero-order valence-electron chi connectivity index (χ0n) is 17.8. The van der Waals surface area contributed by atoms with Gasteiger partial charge in [0.15, 0.2) is 5.11 Å². The van der Waals surface area contributed by atoms with Crippen molar-refractivity contribution in [3.8, 4) is 0 Å². The molecule has 1 aliphatic rings. The van der Waals surface area contributed by atoms with Gasteiger partial charge in [0.05, 0.1) is 26.2 Å². The molecule has 0 amide bonds. The van der Waals surface area contributed by atoms with Gasteiger partial charge in [-0.15, -0.1) is 0 Å². The van der Waals surface area contributed by atoms with Crippen LogP contribution in [-0.2, 0) is 19.2 Å². The van der Waals surface area contributed by atoms with Gasteiger partial charge in [0.25, 0.3) is 0 Å². The molecule has 1 rings (SSSR count). The van der Waals surface area contributed by atoms with Crippen LogP contribution in [-0.4, -0.2) is 148 Å². The van der Waals surface area contributed by atoms with Crippen LogP contribution in [0.3, 0.4) is 0 Å².